The fourth-order valence-corrected chi connectivity index (χ4v) is 3.40. The minimum Gasteiger partial charge on any atom is -0.325 e. The van der Waals surface area contributed by atoms with E-state index < -0.39 is 0 Å². The molecule has 0 radical (unpaired) electrons. The number of amides is 1. The number of hydrogen-bond acceptors (Lipinski definition) is 2. The molecule has 1 unspecified atom stereocenters. The molecule has 1 aliphatic heterocycles. The third kappa shape index (κ3) is 3.92. The van der Waals surface area contributed by atoms with Gasteiger partial charge in [0, 0.05) is 16.8 Å². The number of nitrogens with one attached hydrogen (secondary N) is 1. The van der Waals surface area contributed by atoms with Crippen molar-refractivity contribution in [3.63, 3.8) is 0 Å². The molecule has 1 fully saturated rings. The topological polar surface area (TPSA) is 32.3 Å². The lowest BCUT2D eigenvalue weighted by Gasteiger charge is -2.25. The van der Waals surface area contributed by atoms with Crippen molar-refractivity contribution in [3.8, 4) is 0 Å². The number of rotatable bonds is 4. The zero-order valence-electron chi connectivity index (χ0n) is 13.3. The van der Waals surface area contributed by atoms with Crippen LogP contribution in [-0.4, -0.2) is 23.9 Å². The Morgan fingerprint density at radius 2 is 1.96 bits per heavy atom. The second-order valence-corrected chi connectivity index (χ2v) is 6.47. The van der Waals surface area contributed by atoms with Crippen molar-refractivity contribution in [2.45, 2.75) is 25.8 Å². The molecule has 1 amide bonds. The summed E-state index contributed by atoms with van der Waals surface area (Å²) in [4.78, 5) is 14.5. The van der Waals surface area contributed by atoms with Crippen LogP contribution in [0.5, 0.6) is 0 Å². The molecule has 23 heavy (non-hydrogen) atoms. The van der Waals surface area contributed by atoms with Gasteiger partial charge in [0.1, 0.15) is 0 Å². The van der Waals surface area contributed by atoms with Crippen LogP contribution in [0, 0.1) is 6.92 Å². The minimum atomic E-state index is 0.0211. The van der Waals surface area contributed by atoms with Crippen LogP contribution in [0.4, 0.5) is 5.69 Å². The van der Waals surface area contributed by atoms with Gasteiger partial charge in [-0.1, -0.05) is 47.5 Å². The maximum absolute atomic E-state index is 12.3. The van der Waals surface area contributed by atoms with Gasteiger partial charge in [0.05, 0.1) is 6.54 Å². The van der Waals surface area contributed by atoms with E-state index in [2.05, 4.69) is 16.3 Å². The van der Waals surface area contributed by atoms with E-state index in [0.29, 0.717) is 6.54 Å². The van der Waals surface area contributed by atoms with Crippen LogP contribution in [0.15, 0.2) is 48.5 Å². The van der Waals surface area contributed by atoms with E-state index in [-0.39, 0.29) is 11.9 Å². The third-order valence-corrected chi connectivity index (χ3v) is 4.65. The summed E-state index contributed by atoms with van der Waals surface area (Å²) in [5, 5.41) is 3.75. The number of hydrogen-bond donors (Lipinski definition) is 1. The lowest BCUT2D eigenvalue weighted by molar-refractivity contribution is -0.117. The molecule has 0 saturated carbocycles. The number of aryl methyl sites for hydroxylation is 1. The molecule has 1 aliphatic rings. The molecule has 3 nitrogen and oxygen atoms in total. The predicted molar refractivity (Wildman–Crippen MR) is 94.8 cm³/mol. The Balaban J connectivity index is 1.65. The first-order valence-electron chi connectivity index (χ1n) is 7.98. The summed E-state index contributed by atoms with van der Waals surface area (Å²) in [5.41, 5.74) is 3.14. The van der Waals surface area contributed by atoms with Gasteiger partial charge in [-0.3, -0.25) is 9.69 Å². The van der Waals surface area contributed by atoms with Crippen molar-refractivity contribution in [1.29, 1.82) is 0 Å². The van der Waals surface area contributed by atoms with Crippen molar-refractivity contribution in [3.05, 3.63) is 64.7 Å². The van der Waals surface area contributed by atoms with Crippen LogP contribution < -0.4 is 5.32 Å². The van der Waals surface area contributed by atoms with Crippen LogP contribution in [0.2, 0.25) is 5.02 Å². The molecule has 1 saturated heterocycles. The molecule has 0 bridgehead atoms. The Kier molecular flexibility index (Phi) is 4.99. The summed E-state index contributed by atoms with van der Waals surface area (Å²) in [5.74, 6) is 0.0211. The maximum atomic E-state index is 12.3. The molecular weight excluding hydrogens is 308 g/mol. The van der Waals surface area contributed by atoms with Gasteiger partial charge in [0.15, 0.2) is 0 Å². The molecule has 4 heteroatoms. The quantitative estimate of drug-likeness (QED) is 0.900. The number of benzene rings is 2. The Morgan fingerprint density at radius 1 is 1.22 bits per heavy atom. The van der Waals surface area contributed by atoms with Crippen molar-refractivity contribution < 1.29 is 4.79 Å². The zero-order chi connectivity index (χ0) is 16.2. The van der Waals surface area contributed by atoms with Gasteiger partial charge in [-0.25, -0.2) is 0 Å². The summed E-state index contributed by atoms with van der Waals surface area (Å²) >= 11 is 6.32. The Morgan fingerprint density at radius 3 is 2.70 bits per heavy atom. The van der Waals surface area contributed by atoms with Crippen molar-refractivity contribution in [2.24, 2.45) is 0 Å². The van der Waals surface area contributed by atoms with E-state index >= 15 is 0 Å². The number of carbonyl (C=O) groups excluding carboxylic acids is 1. The standard InChI is InChI=1S/C19H21ClN2O/c1-14-8-10-15(11-9-14)21-19(23)13-22-12-4-7-18(22)16-5-2-3-6-17(16)20/h2-3,5-6,8-11,18H,4,7,12-13H2,1H3,(H,21,23). The minimum absolute atomic E-state index is 0.0211. The molecular formula is C19H21ClN2O. The summed E-state index contributed by atoms with van der Waals surface area (Å²) in [7, 11) is 0. The Bertz CT molecular complexity index is 684. The number of anilines is 1. The van der Waals surface area contributed by atoms with E-state index in [1.54, 1.807) is 0 Å². The molecule has 2 aromatic rings. The van der Waals surface area contributed by atoms with E-state index in [9.17, 15) is 4.79 Å². The van der Waals surface area contributed by atoms with Crippen LogP contribution in [0.3, 0.4) is 0 Å². The molecule has 1 heterocycles. The molecule has 1 atom stereocenters. The second kappa shape index (κ2) is 7.16. The zero-order valence-corrected chi connectivity index (χ0v) is 14.0. The van der Waals surface area contributed by atoms with Gasteiger partial charge in [-0.2, -0.15) is 0 Å². The molecule has 3 rings (SSSR count). The Hall–Kier alpha value is -1.84. The lowest BCUT2D eigenvalue weighted by atomic mass is 10.0. The number of halogens is 1. The summed E-state index contributed by atoms with van der Waals surface area (Å²) in [6.07, 6.45) is 2.13. The van der Waals surface area contributed by atoms with Crippen LogP contribution in [0.25, 0.3) is 0 Å². The highest BCUT2D eigenvalue weighted by molar-refractivity contribution is 6.31. The fraction of sp³-hybridized carbons (Fsp3) is 0.316. The first-order valence-corrected chi connectivity index (χ1v) is 8.36. The normalized spacial score (nSPS) is 18.1. The summed E-state index contributed by atoms with van der Waals surface area (Å²) < 4.78 is 0. The largest absolute Gasteiger partial charge is 0.325 e. The van der Waals surface area contributed by atoms with Gasteiger partial charge in [-0.15, -0.1) is 0 Å². The highest BCUT2D eigenvalue weighted by Crippen LogP contribution is 2.35. The van der Waals surface area contributed by atoms with Gasteiger partial charge in [-0.05, 0) is 50.1 Å². The third-order valence-electron chi connectivity index (χ3n) is 4.31. The van der Waals surface area contributed by atoms with Crippen LogP contribution in [-0.2, 0) is 4.79 Å². The second-order valence-electron chi connectivity index (χ2n) is 6.06. The molecule has 0 spiro atoms. The number of likely N-dealkylation sites (tertiary alicyclic amines) is 1. The summed E-state index contributed by atoms with van der Waals surface area (Å²) in [6, 6.07) is 16.0. The molecule has 1 N–H and O–H groups in total. The van der Waals surface area contributed by atoms with E-state index in [4.69, 9.17) is 11.6 Å². The average Bonchev–Trinajstić information content (AvgIpc) is 2.98. The van der Waals surface area contributed by atoms with Crippen molar-refractivity contribution in [2.75, 3.05) is 18.4 Å². The van der Waals surface area contributed by atoms with E-state index in [1.165, 1.54) is 5.56 Å². The van der Waals surface area contributed by atoms with E-state index in [1.807, 2.05) is 49.4 Å². The Labute approximate surface area is 142 Å². The van der Waals surface area contributed by atoms with Crippen LogP contribution >= 0.6 is 11.6 Å². The molecule has 0 aliphatic carbocycles. The predicted octanol–water partition coefficient (Wildman–Crippen LogP) is 4.42. The molecule has 120 valence electrons. The summed E-state index contributed by atoms with van der Waals surface area (Å²) in [6.45, 7) is 3.35. The molecule has 2 aromatic carbocycles. The first kappa shape index (κ1) is 16.0. The average molecular weight is 329 g/mol. The first-order chi connectivity index (χ1) is 11.1. The highest BCUT2D eigenvalue weighted by atomic mass is 35.5. The van der Waals surface area contributed by atoms with Gasteiger partial charge >= 0.3 is 0 Å². The van der Waals surface area contributed by atoms with Gasteiger partial charge in [0.2, 0.25) is 5.91 Å². The van der Waals surface area contributed by atoms with Gasteiger partial charge in [0.25, 0.3) is 0 Å². The number of carbonyl (C=O) groups is 1. The number of nitrogens with zero attached hydrogens (tertiary/aromatic N) is 1. The van der Waals surface area contributed by atoms with Gasteiger partial charge < -0.3 is 5.32 Å². The lowest BCUT2D eigenvalue weighted by Crippen LogP contribution is -2.33. The highest BCUT2D eigenvalue weighted by Gasteiger charge is 2.28. The molecule has 0 aromatic heterocycles. The maximum Gasteiger partial charge on any atom is 0.238 e. The van der Waals surface area contributed by atoms with Crippen molar-refractivity contribution >= 4 is 23.2 Å². The van der Waals surface area contributed by atoms with Crippen molar-refractivity contribution in [1.82, 2.24) is 4.90 Å². The monoisotopic (exact) mass is 328 g/mol. The van der Waals surface area contributed by atoms with Crippen LogP contribution in [0.1, 0.15) is 30.0 Å². The van der Waals surface area contributed by atoms with E-state index in [0.717, 1.165) is 35.7 Å². The smallest absolute Gasteiger partial charge is 0.238 e. The fourth-order valence-electron chi connectivity index (χ4n) is 3.13. The SMILES string of the molecule is Cc1ccc(NC(=O)CN2CCCC2c2ccccc2Cl)cc1.